The molecule has 1 aromatic heterocycles. The third-order valence-electron chi connectivity index (χ3n) is 5.41. The zero-order valence-electron chi connectivity index (χ0n) is 15.8. The number of rotatable bonds is 3. The molecule has 2 aliphatic rings. The largest absolute Gasteiger partial charge is 0.368 e. The molecule has 2 saturated heterocycles. The number of piperazine rings is 1. The molecular formula is C20H28ClN5O. The Balaban J connectivity index is 0.00000210. The summed E-state index contributed by atoms with van der Waals surface area (Å²) in [5.74, 6) is 0.0522. The second-order valence-corrected chi connectivity index (χ2v) is 7.30. The van der Waals surface area contributed by atoms with E-state index in [1.54, 1.807) is 0 Å². The number of aromatic nitrogens is 2. The summed E-state index contributed by atoms with van der Waals surface area (Å²) in [5.41, 5.74) is 3.08. The van der Waals surface area contributed by atoms with Gasteiger partial charge in [0.2, 0.25) is 0 Å². The van der Waals surface area contributed by atoms with Crippen molar-refractivity contribution in [3.05, 3.63) is 47.8 Å². The van der Waals surface area contributed by atoms with E-state index in [4.69, 9.17) is 0 Å². The lowest BCUT2D eigenvalue weighted by Crippen LogP contribution is -2.49. The van der Waals surface area contributed by atoms with Gasteiger partial charge in [-0.3, -0.25) is 9.48 Å². The molecule has 1 aromatic carbocycles. The highest BCUT2D eigenvalue weighted by Gasteiger charge is 2.25. The number of halogens is 1. The first kappa shape index (κ1) is 19.7. The van der Waals surface area contributed by atoms with Crippen molar-refractivity contribution >= 4 is 24.0 Å². The van der Waals surface area contributed by atoms with Gasteiger partial charge in [-0.1, -0.05) is 12.1 Å². The van der Waals surface area contributed by atoms with Gasteiger partial charge in [-0.15, -0.1) is 12.4 Å². The summed E-state index contributed by atoms with van der Waals surface area (Å²) in [6, 6.07) is 10.8. The summed E-state index contributed by atoms with van der Waals surface area (Å²) in [5, 5.41) is 7.97. The molecule has 3 heterocycles. The van der Waals surface area contributed by atoms with Gasteiger partial charge in [-0.2, -0.15) is 5.10 Å². The Morgan fingerprint density at radius 3 is 2.70 bits per heavy atom. The van der Waals surface area contributed by atoms with Gasteiger partial charge in [-0.25, -0.2) is 0 Å². The summed E-state index contributed by atoms with van der Waals surface area (Å²) in [4.78, 5) is 17.1. The molecule has 146 valence electrons. The standard InChI is InChI=1S/C20H27N5O.ClH/c1-16-4-2-5-17(14-16)23-10-12-24(13-11-23)20(26)19-7-9-25(22-19)18-6-3-8-21-15-18;/h2,4-5,7,9,14,18,21H,3,6,8,10-13,15H2,1H3;1H. The fraction of sp³-hybridized carbons (Fsp3) is 0.500. The van der Waals surface area contributed by atoms with Crippen molar-refractivity contribution in [2.24, 2.45) is 0 Å². The first-order valence-corrected chi connectivity index (χ1v) is 9.57. The van der Waals surface area contributed by atoms with E-state index in [1.165, 1.54) is 11.3 Å². The second-order valence-electron chi connectivity index (χ2n) is 7.30. The minimum Gasteiger partial charge on any atom is -0.368 e. The first-order valence-electron chi connectivity index (χ1n) is 9.57. The van der Waals surface area contributed by atoms with Crippen LogP contribution in [0.4, 0.5) is 5.69 Å². The molecule has 6 nitrogen and oxygen atoms in total. The number of amides is 1. The SMILES string of the molecule is Cc1cccc(N2CCN(C(=O)c3ccn(C4CCCNC4)n3)CC2)c1.Cl. The van der Waals surface area contributed by atoms with Crippen molar-refractivity contribution in [3.8, 4) is 0 Å². The molecule has 1 atom stereocenters. The van der Waals surface area contributed by atoms with Crippen molar-refractivity contribution in [2.75, 3.05) is 44.2 Å². The van der Waals surface area contributed by atoms with Crippen LogP contribution >= 0.6 is 12.4 Å². The predicted octanol–water partition coefficient (Wildman–Crippen LogP) is 2.50. The number of anilines is 1. The van der Waals surface area contributed by atoms with Gasteiger partial charge < -0.3 is 15.1 Å². The van der Waals surface area contributed by atoms with E-state index in [0.717, 1.165) is 52.1 Å². The highest BCUT2D eigenvalue weighted by molar-refractivity contribution is 5.92. The van der Waals surface area contributed by atoms with Crippen LogP contribution in [-0.2, 0) is 0 Å². The Kier molecular flexibility index (Phi) is 6.39. The van der Waals surface area contributed by atoms with E-state index in [2.05, 4.69) is 46.5 Å². The van der Waals surface area contributed by atoms with E-state index >= 15 is 0 Å². The quantitative estimate of drug-likeness (QED) is 0.876. The molecule has 0 bridgehead atoms. The summed E-state index contributed by atoms with van der Waals surface area (Å²) >= 11 is 0. The van der Waals surface area contributed by atoms with Gasteiger partial charge in [0.1, 0.15) is 5.69 Å². The normalized spacial score (nSPS) is 20.3. The maximum absolute atomic E-state index is 12.8. The van der Waals surface area contributed by atoms with Crippen LogP contribution in [0.25, 0.3) is 0 Å². The average molecular weight is 390 g/mol. The van der Waals surface area contributed by atoms with E-state index in [1.807, 2.05) is 21.8 Å². The minimum absolute atomic E-state index is 0. The van der Waals surface area contributed by atoms with Crippen molar-refractivity contribution < 1.29 is 4.79 Å². The molecule has 0 aliphatic carbocycles. The molecule has 2 aliphatic heterocycles. The van der Waals surface area contributed by atoms with E-state index < -0.39 is 0 Å². The van der Waals surface area contributed by atoms with Gasteiger partial charge in [-0.05, 0) is 50.1 Å². The number of aryl methyl sites for hydroxylation is 1. The Hall–Kier alpha value is -2.05. The Morgan fingerprint density at radius 1 is 1.19 bits per heavy atom. The minimum atomic E-state index is 0. The summed E-state index contributed by atoms with van der Waals surface area (Å²) in [6.45, 7) is 7.33. The molecule has 2 fully saturated rings. The van der Waals surface area contributed by atoms with Crippen LogP contribution in [0.15, 0.2) is 36.5 Å². The van der Waals surface area contributed by atoms with Crippen molar-refractivity contribution in [3.63, 3.8) is 0 Å². The van der Waals surface area contributed by atoms with Crippen LogP contribution in [0.1, 0.15) is 34.9 Å². The smallest absolute Gasteiger partial charge is 0.274 e. The average Bonchev–Trinajstić information content (AvgIpc) is 3.18. The van der Waals surface area contributed by atoms with Gasteiger partial charge >= 0.3 is 0 Å². The first-order chi connectivity index (χ1) is 12.7. The Morgan fingerprint density at radius 2 is 2.00 bits per heavy atom. The zero-order valence-corrected chi connectivity index (χ0v) is 16.6. The highest BCUT2D eigenvalue weighted by Crippen LogP contribution is 2.19. The van der Waals surface area contributed by atoms with Crippen molar-refractivity contribution in [2.45, 2.75) is 25.8 Å². The third-order valence-corrected chi connectivity index (χ3v) is 5.41. The fourth-order valence-electron chi connectivity index (χ4n) is 3.87. The zero-order chi connectivity index (χ0) is 17.9. The molecule has 1 N–H and O–H groups in total. The summed E-state index contributed by atoms with van der Waals surface area (Å²) in [7, 11) is 0. The number of carbonyl (C=O) groups excluding carboxylic acids is 1. The number of piperidine rings is 1. The van der Waals surface area contributed by atoms with Crippen molar-refractivity contribution in [1.29, 1.82) is 0 Å². The van der Waals surface area contributed by atoms with Crippen LogP contribution in [0.2, 0.25) is 0 Å². The summed E-state index contributed by atoms with van der Waals surface area (Å²) < 4.78 is 1.96. The molecule has 2 aromatic rings. The van der Waals surface area contributed by atoms with Gasteiger partial charge in [0.05, 0.1) is 6.04 Å². The number of hydrogen-bond donors (Lipinski definition) is 1. The monoisotopic (exact) mass is 389 g/mol. The predicted molar refractivity (Wildman–Crippen MR) is 110 cm³/mol. The molecule has 1 amide bonds. The summed E-state index contributed by atoms with van der Waals surface area (Å²) in [6.07, 6.45) is 4.24. The lowest BCUT2D eigenvalue weighted by atomic mass is 10.1. The molecule has 7 heteroatoms. The molecule has 0 spiro atoms. The lowest BCUT2D eigenvalue weighted by Gasteiger charge is -2.36. The number of nitrogens with zero attached hydrogens (tertiary/aromatic N) is 4. The fourth-order valence-corrected chi connectivity index (χ4v) is 3.87. The van der Waals surface area contributed by atoms with E-state index in [0.29, 0.717) is 11.7 Å². The number of carbonyl (C=O) groups is 1. The maximum Gasteiger partial charge on any atom is 0.274 e. The second kappa shape index (κ2) is 8.76. The number of nitrogens with one attached hydrogen (secondary N) is 1. The van der Waals surface area contributed by atoms with Gasteiger partial charge in [0.25, 0.3) is 5.91 Å². The van der Waals surface area contributed by atoms with Gasteiger partial charge in [0, 0.05) is 44.6 Å². The van der Waals surface area contributed by atoms with E-state index in [9.17, 15) is 4.79 Å². The Bertz CT molecular complexity index is 763. The lowest BCUT2D eigenvalue weighted by molar-refractivity contribution is 0.0739. The van der Waals surface area contributed by atoms with Crippen LogP contribution in [0, 0.1) is 6.92 Å². The molecule has 27 heavy (non-hydrogen) atoms. The van der Waals surface area contributed by atoms with Crippen molar-refractivity contribution in [1.82, 2.24) is 20.0 Å². The van der Waals surface area contributed by atoms with Crippen LogP contribution in [0.5, 0.6) is 0 Å². The molecular weight excluding hydrogens is 362 g/mol. The Labute approximate surface area is 166 Å². The van der Waals surface area contributed by atoms with Crippen LogP contribution in [-0.4, -0.2) is 59.9 Å². The molecule has 4 rings (SSSR count). The van der Waals surface area contributed by atoms with Crippen LogP contribution < -0.4 is 10.2 Å². The highest BCUT2D eigenvalue weighted by atomic mass is 35.5. The molecule has 0 radical (unpaired) electrons. The topological polar surface area (TPSA) is 53.4 Å². The maximum atomic E-state index is 12.8. The molecule has 0 saturated carbocycles. The van der Waals surface area contributed by atoms with E-state index in [-0.39, 0.29) is 18.3 Å². The van der Waals surface area contributed by atoms with Crippen LogP contribution in [0.3, 0.4) is 0 Å². The molecule has 1 unspecified atom stereocenters. The number of benzene rings is 1. The van der Waals surface area contributed by atoms with Gasteiger partial charge in [0.15, 0.2) is 0 Å². The number of hydrogen-bond acceptors (Lipinski definition) is 4. The third kappa shape index (κ3) is 4.45.